The molecule has 0 radical (unpaired) electrons. The Morgan fingerprint density at radius 3 is 2.69 bits per heavy atom. The van der Waals surface area contributed by atoms with Crippen molar-refractivity contribution in [3.8, 4) is 0 Å². The molecule has 1 amide bonds. The Kier molecular flexibility index (Phi) is 4.72. The average molecular weight is 355 g/mol. The molecule has 0 bridgehead atoms. The van der Waals surface area contributed by atoms with Crippen molar-refractivity contribution in [1.29, 1.82) is 0 Å². The Morgan fingerprint density at radius 2 is 2.04 bits per heavy atom. The number of amides is 1. The minimum Gasteiger partial charge on any atom is -0.338 e. The molecule has 1 saturated carbocycles. The molecule has 1 N–H and O–H groups in total. The number of pyridine rings is 1. The lowest BCUT2D eigenvalue weighted by Crippen LogP contribution is -2.39. The predicted octanol–water partition coefficient (Wildman–Crippen LogP) is 3.06. The zero-order chi connectivity index (χ0) is 18.1. The summed E-state index contributed by atoms with van der Waals surface area (Å²) in [5, 5.41) is 7.03. The van der Waals surface area contributed by atoms with Crippen molar-refractivity contribution < 1.29 is 9.32 Å². The van der Waals surface area contributed by atoms with Gasteiger partial charge in [0.2, 0.25) is 11.8 Å². The van der Waals surface area contributed by atoms with Crippen molar-refractivity contribution in [2.45, 2.75) is 51.5 Å². The van der Waals surface area contributed by atoms with Gasteiger partial charge in [-0.2, -0.15) is 4.98 Å². The van der Waals surface area contributed by atoms with E-state index >= 15 is 0 Å². The van der Waals surface area contributed by atoms with Crippen LogP contribution >= 0.6 is 0 Å². The molecule has 1 saturated heterocycles. The average Bonchev–Trinajstić information content (AvgIpc) is 3.40. The molecule has 2 aromatic rings. The van der Waals surface area contributed by atoms with Gasteiger partial charge in [-0.25, -0.2) is 4.98 Å². The monoisotopic (exact) mass is 355 g/mol. The first-order valence-electron chi connectivity index (χ1n) is 9.41. The summed E-state index contributed by atoms with van der Waals surface area (Å²) in [5.74, 6) is 2.75. The predicted molar refractivity (Wildman–Crippen MR) is 96.6 cm³/mol. The number of carbonyl (C=O) groups is 1. The summed E-state index contributed by atoms with van der Waals surface area (Å²) in [7, 11) is 0. The first-order valence-corrected chi connectivity index (χ1v) is 9.41. The maximum Gasteiger partial charge on any atom is 0.243 e. The summed E-state index contributed by atoms with van der Waals surface area (Å²) in [6.07, 6.45) is 5.75. The zero-order valence-corrected chi connectivity index (χ0v) is 15.3. The van der Waals surface area contributed by atoms with Crippen LogP contribution in [-0.4, -0.2) is 39.0 Å². The number of aryl methyl sites for hydroxylation is 1. The maximum atomic E-state index is 12.5. The molecule has 2 aromatic heterocycles. The highest BCUT2D eigenvalue weighted by molar-refractivity contribution is 5.91. The third-order valence-electron chi connectivity index (χ3n) is 5.37. The van der Waals surface area contributed by atoms with Gasteiger partial charge in [0.15, 0.2) is 5.82 Å². The number of likely N-dealkylation sites (tertiary alicyclic amines) is 1. The summed E-state index contributed by atoms with van der Waals surface area (Å²) in [4.78, 5) is 23.6. The molecule has 26 heavy (non-hydrogen) atoms. The highest BCUT2D eigenvalue weighted by atomic mass is 16.5. The minimum atomic E-state index is 0.0197. The smallest absolute Gasteiger partial charge is 0.243 e. The number of piperidine rings is 1. The van der Waals surface area contributed by atoms with E-state index in [0.29, 0.717) is 17.6 Å². The van der Waals surface area contributed by atoms with E-state index in [4.69, 9.17) is 4.52 Å². The summed E-state index contributed by atoms with van der Waals surface area (Å²) in [6.45, 7) is 5.77. The SMILES string of the molecule is Cc1ccc(NC(=O)C2CCN(C(C)c3nc(C4CC4)no3)CC2)nc1. The first kappa shape index (κ1) is 17.1. The Hall–Kier alpha value is -2.28. The Morgan fingerprint density at radius 1 is 1.27 bits per heavy atom. The molecule has 1 aliphatic heterocycles. The highest BCUT2D eigenvalue weighted by Crippen LogP contribution is 2.38. The van der Waals surface area contributed by atoms with Crippen LogP contribution in [0.5, 0.6) is 0 Å². The van der Waals surface area contributed by atoms with Gasteiger partial charge in [-0.3, -0.25) is 9.69 Å². The lowest BCUT2D eigenvalue weighted by molar-refractivity contribution is -0.121. The number of aromatic nitrogens is 3. The van der Waals surface area contributed by atoms with E-state index in [2.05, 4.69) is 32.3 Å². The minimum absolute atomic E-state index is 0.0197. The van der Waals surface area contributed by atoms with E-state index in [1.165, 1.54) is 12.8 Å². The fraction of sp³-hybridized carbons (Fsp3) is 0.579. The molecule has 1 aliphatic carbocycles. The van der Waals surface area contributed by atoms with Gasteiger partial charge in [-0.1, -0.05) is 11.2 Å². The molecule has 0 aromatic carbocycles. The molecule has 3 heterocycles. The van der Waals surface area contributed by atoms with E-state index in [1.807, 2.05) is 19.1 Å². The van der Waals surface area contributed by atoms with Gasteiger partial charge in [0.05, 0.1) is 6.04 Å². The lowest BCUT2D eigenvalue weighted by Gasteiger charge is -2.33. The van der Waals surface area contributed by atoms with Crippen molar-refractivity contribution in [2.75, 3.05) is 18.4 Å². The fourth-order valence-corrected chi connectivity index (χ4v) is 3.40. The van der Waals surface area contributed by atoms with Crippen LogP contribution in [0.2, 0.25) is 0 Å². The highest BCUT2D eigenvalue weighted by Gasteiger charge is 2.32. The molecule has 2 aliphatic rings. The van der Waals surface area contributed by atoms with Gasteiger partial charge in [-0.05, 0) is 64.3 Å². The van der Waals surface area contributed by atoms with Gasteiger partial charge in [0, 0.05) is 18.0 Å². The quantitative estimate of drug-likeness (QED) is 0.887. The molecule has 7 heteroatoms. The van der Waals surface area contributed by atoms with Gasteiger partial charge < -0.3 is 9.84 Å². The van der Waals surface area contributed by atoms with Crippen LogP contribution < -0.4 is 5.32 Å². The third-order valence-corrected chi connectivity index (χ3v) is 5.37. The second kappa shape index (κ2) is 7.15. The molecule has 2 fully saturated rings. The Labute approximate surface area is 153 Å². The van der Waals surface area contributed by atoms with Crippen LogP contribution in [0.15, 0.2) is 22.9 Å². The summed E-state index contributed by atoms with van der Waals surface area (Å²) in [6, 6.07) is 3.89. The van der Waals surface area contributed by atoms with Gasteiger partial charge in [0.1, 0.15) is 5.82 Å². The summed E-state index contributed by atoms with van der Waals surface area (Å²) in [5.41, 5.74) is 1.08. The molecule has 1 unspecified atom stereocenters. The third kappa shape index (κ3) is 3.77. The normalized spacial score (nSPS) is 20.1. The topological polar surface area (TPSA) is 84.2 Å². The second-order valence-corrected chi connectivity index (χ2v) is 7.46. The van der Waals surface area contributed by atoms with Crippen LogP contribution in [0.25, 0.3) is 0 Å². The number of anilines is 1. The largest absolute Gasteiger partial charge is 0.338 e. The van der Waals surface area contributed by atoms with E-state index < -0.39 is 0 Å². The molecule has 7 nitrogen and oxygen atoms in total. The fourth-order valence-electron chi connectivity index (χ4n) is 3.40. The Balaban J connectivity index is 1.30. The van der Waals surface area contributed by atoms with Gasteiger partial charge in [0.25, 0.3) is 0 Å². The number of carbonyl (C=O) groups excluding carboxylic acids is 1. The van der Waals surface area contributed by atoms with Crippen molar-refractivity contribution in [3.63, 3.8) is 0 Å². The van der Waals surface area contributed by atoms with Crippen LogP contribution in [-0.2, 0) is 4.79 Å². The number of nitrogens with one attached hydrogen (secondary N) is 1. The molecule has 138 valence electrons. The lowest BCUT2D eigenvalue weighted by atomic mass is 9.95. The Bertz CT molecular complexity index is 760. The molecule has 1 atom stereocenters. The van der Waals surface area contributed by atoms with E-state index in [9.17, 15) is 4.79 Å². The second-order valence-electron chi connectivity index (χ2n) is 7.46. The van der Waals surface area contributed by atoms with Gasteiger partial charge in [-0.15, -0.1) is 0 Å². The van der Waals surface area contributed by atoms with Crippen molar-refractivity contribution in [1.82, 2.24) is 20.0 Å². The zero-order valence-electron chi connectivity index (χ0n) is 15.3. The van der Waals surface area contributed by atoms with Crippen LogP contribution in [0.1, 0.15) is 61.8 Å². The molecular weight excluding hydrogens is 330 g/mol. The van der Waals surface area contributed by atoms with Crippen molar-refractivity contribution in [2.24, 2.45) is 5.92 Å². The number of nitrogens with zero attached hydrogens (tertiary/aromatic N) is 4. The van der Waals surface area contributed by atoms with Crippen molar-refractivity contribution in [3.05, 3.63) is 35.6 Å². The van der Waals surface area contributed by atoms with Crippen LogP contribution in [0.4, 0.5) is 5.82 Å². The van der Waals surface area contributed by atoms with E-state index in [0.717, 1.165) is 37.3 Å². The number of rotatable bonds is 5. The summed E-state index contributed by atoms with van der Waals surface area (Å²) < 4.78 is 5.45. The molecule has 4 rings (SSSR count). The van der Waals surface area contributed by atoms with E-state index in [-0.39, 0.29) is 17.9 Å². The molecular formula is C19H25N5O2. The maximum absolute atomic E-state index is 12.5. The van der Waals surface area contributed by atoms with Crippen LogP contribution in [0.3, 0.4) is 0 Å². The van der Waals surface area contributed by atoms with Crippen molar-refractivity contribution >= 4 is 11.7 Å². The number of hydrogen-bond acceptors (Lipinski definition) is 6. The summed E-state index contributed by atoms with van der Waals surface area (Å²) >= 11 is 0. The van der Waals surface area contributed by atoms with E-state index in [1.54, 1.807) is 6.20 Å². The molecule has 0 spiro atoms. The standard InChI is InChI=1S/C19H25N5O2/c1-12-3-6-16(20-11-12)21-18(25)15-7-9-24(10-8-15)13(2)19-22-17(23-26-19)14-4-5-14/h3,6,11,13-15H,4-5,7-10H2,1-2H3,(H,20,21,25). The number of hydrogen-bond donors (Lipinski definition) is 1. The van der Waals surface area contributed by atoms with Crippen LogP contribution in [0, 0.1) is 12.8 Å². The first-order chi connectivity index (χ1) is 12.6. The van der Waals surface area contributed by atoms with Gasteiger partial charge >= 0.3 is 0 Å².